The van der Waals surface area contributed by atoms with Gasteiger partial charge in [0.25, 0.3) is 10.0 Å². The number of hydrogen-bond acceptors (Lipinski definition) is 4. The molecule has 1 aliphatic rings. The van der Waals surface area contributed by atoms with E-state index in [4.69, 9.17) is 5.11 Å². The van der Waals surface area contributed by atoms with Crippen LogP contribution >= 0.6 is 0 Å². The van der Waals surface area contributed by atoms with Crippen LogP contribution in [0.15, 0.2) is 11.2 Å². The van der Waals surface area contributed by atoms with Crippen molar-refractivity contribution in [3.63, 3.8) is 0 Å². The highest BCUT2D eigenvalue weighted by Gasteiger charge is 2.28. The Labute approximate surface area is 113 Å². The molecule has 1 heterocycles. The standard InChI is InChI=1S/C12H21N3O3S/c1-9-5-3-2-4-6-11(9)15-19(17,18)12-10(8-16)7-13-14-12/h7,9,11,15-16H,2-6,8H2,1H3,(H,13,14). The number of nitrogens with one attached hydrogen (secondary N) is 2. The topological polar surface area (TPSA) is 95.1 Å². The van der Waals surface area contributed by atoms with Crippen LogP contribution in [0.4, 0.5) is 0 Å². The monoisotopic (exact) mass is 287 g/mol. The summed E-state index contributed by atoms with van der Waals surface area (Å²) in [4.78, 5) is 0. The molecule has 0 spiro atoms. The molecular formula is C12H21N3O3S. The van der Waals surface area contributed by atoms with Crippen LogP contribution in [0.2, 0.25) is 0 Å². The summed E-state index contributed by atoms with van der Waals surface area (Å²) in [6.07, 6.45) is 6.62. The van der Waals surface area contributed by atoms with Crippen LogP contribution < -0.4 is 4.72 Å². The van der Waals surface area contributed by atoms with Gasteiger partial charge in [-0.1, -0.05) is 26.2 Å². The van der Waals surface area contributed by atoms with E-state index >= 15 is 0 Å². The van der Waals surface area contributed by atoms with Gasteiger partial charge in [0, 0.05) is 11.6 Å². The Morgan fingerprint density at radius 3 is 2.89 bits per heavy atom. The van der Waals surface area contributed by atoms with Crippen LogP contribution in [0.5, 0.6) is 0 Å². The number of aliphatic hydroxyl groups is 1. The SMILES string of the molecule is CC1CCCCCC1NS(=O)(=O)c1[nH]ncc1CO. The summed E-state index contributed by atoms with van der Waals surface area (Å²) < 4.78 is 27.4. The molecule has 2 atom stereocenters. The Balaban J connectivity index is 2.16. The van der Waals surface area contributed by atoms with E-state index in [2.05, 4.69) is 21.8 Å². The number of H-pyrrole nitrogens is 1. The zero-order chi connectivity index (χ0) is 13.9. The van der Waals surface area contributed by atoms with Gasteiger partial charge in [0.2, 0.25) is 0 Å². The minimum atomic E-state index is -3.64. The Bertz CT molecular complexity index is 512. The van der Waals surface area contributed by atoms with E-state index < -0.39 is 10.0 Å². The molecule has 1 aromatic heterocycles. The smallest absolute Gasteiger partial charge is 0.258 e. The van der Waals surface area contributed by atoms with Crippen molar-refractivity contribution in [1.82, 2.24) is 14.9 Å². The first-order valence-corrected chi connectivity index (χ1v) is 8.18. The summed E-state index contributed by atoms with van der Waals surface area (Å²) in [7, 11) is -3.64. The van der Waals surface area contributed by atoms with Crippen molar-refractivity contribution in [3.05, 3.63) is 11.8 Å². The zero-order valence-electron chi connectivity index (χ0n) is 11.1. The minimum absolute atomic E-state index is 0.0218. The lowest BCUT2D eigenvalue weighted by molar-refractivity contribution is 0.278. The van der Waals surface area contributed by atoms with Crippen LogP contribution in [0, 0.1) is 5.92 Å². The second-order valence-corrected chi connectivity index (χ2v) is 6.88. The highest BCUT2D eigenvalue weighted by Crippen LogP contribution is 2.24. The van der Waals surface area contributed by atoms with Crippen LogP contribution in [0.25, 0.3) is 0 Å². The Morgan fingerprint density at radius 2 is 2.16 bits per heavy atom. The normalized spacial score (nSPS) is 25.2. The van der Waals surface area contributed by atoms with Crippen molar-refractivity contribution >= 4 is 10.0 Å². The van der Waals surface area contributed by atoms with E-state index in [9.17, 15) is 8.42 Å². The van der Waals surface area contributed by atoms with Crippen LogP contribution in [0.3, 0.4) is 0 Å². The van der Waals surface area contributed by atoms with Gasteiger partial charge in [-0.15, -0.1) is 0 Å². The number of rotatable bonds is 4. The van der Waals surface area contributed by atoms with Crippen molar-refractivity contribution in [2.45, 2.75) is 56.7 Å². The third-order valence-electron chi connectivity index (χ3n) is 3.79. The molecule has 0 amide bonds. The van der Waals surface area contributed by atoms with E-state index in [1.54, 1.807) is 0 Å². The molecule has 19 heavy (non-hydrogen) atoms. The van der Waals surface area contributed by atoms with Crippen molar-refractivity contribution in [3.8, 4) is 0 Å². The van der Waals surface area contributed by atoms with Crippen LogP contribution in [0.1, 0.15) is 44.6 Å². The molecular weight excluding hydrogens is 266 g/mol. The van der Waals surface area contributed by atoms with Gasteiger partial charge in [0.1, 0.15) is 0 Å². The highest BCUT2D eigenvalue weighted by molar-refractivity contribution is 7.89. The first-order chi connectivity index (χ1) is 9.04. The Kier molecular flexibility index (Phi) is 4.59. The van der Waals surface area contributed by atoms with Gasteiger partial charge in [-0.2, -0.15) is 5.10 Å². The van der Waals surface area contributed by atoms with Crippen LogP contribution in [-0.2, 0) is 16.6 Å². The maximum atomic E-state index is 12.3. The highest BCUT2D eigenvalue weighted by atomic mass is 32.2. The molecule has 1 saturated carbocycles. The predicted octanol–water partition coefficient (Wildman–Crippen LogP) is 1.15. The molecule has 7 heteroatoms. The number of hydrogen-bond donors (Lipinski definition) is 3. The lowest BCUT2D eigenvalue weighted by Crippen LogP contribution is -2.39. The van der Waals surface area contributed by atoms with Crippen molar-refractivity contribution in [2.24, 2.45) is 5.92 Å². The van der Waals surface area contributed by atoms with E-state index in [1.165, 1.54) is 6.20 Å². The average molecular weight is 287 g/mol. The van der Waals surface area contributed by atoms with Gasteiger partial charge < -0.3 is 5.11 Å². The van der Waals surface area contributed by atoms with E-state index in [0.717, 1.165) is 32.1 Å². The molecule has 2 rings (SSSR count). The second-order valence-electron chi connectivity index (χ2n) is 5.23. The predicted molar refractivity (Wildman–Crippen MR) is 70.9 cm³/mol. The molecule has 0 aliphatic heterocycles. The number of sulfonamides is 1. The molecule has 0 radical (unpaired) electrons. The fourth-order valence-corrected chi connectivity index (χ4v) is 4.07. The summed E-state index contributed by atoms with van der Waals surface area (Å²) in [5.41, 5.74) is 0.300. The van der Waals surface area contributed by atoms with Crippen LogP contribution in [-0.4, -0.2) is 29.8 Å². The number of aromatic nitrogens is 2. The van der Waals surface area contributed by atoms with Gasteiger partial charge in [-0.3, -0.25) is 5.10 Å². The first kappa shape index (κ1) is 14.5. The Morgan fingerprint density at radius 1 is 1.42 bits per heavy atom. The fraction of sp³-hybridized carbons (Fsp3) is 0.750. The average Bonchev–Trinajstić information content (AvgIpc) is 2.78. The van der Waals surface area contributed by atoms with Gasteiger partial charge in [0.15, 0.2) is 5.03 Å². The molecule has 3 N–H and O–H groups in total. The fourth-order valence-electron chi connectivity index (χ4n) is 2.57. The summed E-state index contributed by atoms with van der Waals surface area (Å²) in [6.45, 7) is 1.74. The summed E-state index contributed by atoms with van der Waals surface area (Å²) in [6, 6.07) is -0.0395. The Hall–Kier alpha value is -0.920. The molecule has 1 aromatic rings. The zero-order valence-corrected chi connectivity index (χ0v) is 11.9. The number of aromatic amines is 1. The quantitative estimate of drug-likeness (QED) is 0.724. The lowest BCUT2D eigenvalue weighted by atomic mass is 9.98. The van der Waals surface area contributed by atoms with Crippen molar-refractivity contribution in [2.75, 3.05) is 0 Å². The first-order valence-electron chi connectivity index (χ1n) is 6.70. The lowest BCUT2D eigenvalue weighted by Gasteiger charge is -2.22. The van der Waals surface area contributed by atoms with Gasteiger partial charge in [0.05, 0.1) is 12.8 Å². The van der Waals surface area contributed by atoms with Gasteiger partial charge >= 0.3 is 0 Å². The second kappa shape index (κ2) is 6.02. The molecule has 0 saturated heterocycles. The number of nitrogens with zero attached hydrogens (tertiary/aromatic N) is 1. The van der Waals surface area contributed by atoms with Crippen molar-refractivity contribution < 1.29 is 13.5 Å². The molecule has 2 unspecified atom stereocenters. The molecule has 0 aromatic carbocycles. The maximum absolute atomic E-state index is 12.3. The van der Waals surface area contributed by atoms with Gasteiger partial charge in [-0.25, -0.2) is 13.1 Å². The van der Waals surface area contributed by atoms with E-state index in [0.29, 0.717) is 11.5 Å². The van der Waals surface area contributed by atoms with Crippen molar-refractivity contribution in [1.29, 1.82) is 0 Å². The molecule has 1 aliphatic carbocycles. The largest absolute Gasteiger partial charge is 0.392 e. The summed E-state index contributed by atoms with van der Waals surface area (Å²) in [5.74, 6) is 0.331. The van der Waals surface area contributed by atoms with E-state index in [1.807, 2.05) is 0 Å². The minimum Gasteiger partial charge on any atom is -0.392 e. The summed E-state index contributed by atoms with van der Waals surface area (Å²) >= 11 is 0. The number of aliphatic hydroxyl groups excluding tert-OH is 1. The molecule has 0 bridgehead atoms. The molecule has 108 valence electrons. The maximum Gasteiger partial charge on any atom is 0.258 e. The molecule has 1 fully saturated rings. The van der Waals surface area contributed by atoms with E-state index in [-0.39, 0.29) is 17.7 Å². The third-order valence-corrected chi connectivity index (χ3v) is 5.29. The molecule has 6 nitrogen and oxygen atoms in total. The summed E-state index contributed by atoms with van der Waals surface area (Å²) in [5, 5.41) is 15.2. The van der Waals surface area contributed by atoms with Gasteiger partial charge in [-0.05, 0) is 18.8 Å². The third kappa shape index (κ3) is 3.34.